The van der Waals surface area contributed by atoms with Gasteiger partial charge < -0.3 is 4.74 Å². The Hall–Kier alpha value is -4.62. The van der Waals surface area contributed by atoms with Crippen LogP contribution in [-0.4, -0.2) is 27.8 Å². The molecule has 0 unspecified atom stereocenters. The Morgan fingerprint density at radius 3 is 2.13 bits per heavy atom. The summed E-state index contributed by atoms with van der Waals surface area (Å²) in [4.78, 5) is 36.6. The van der Waals surface area contributed by atoms with Crippen molar-refractivity contribution in [3.63, 3.8) is 0 Å². The van der Waals surface area contributed by atoms with E-state index in [1.807, 2.05) is 97.9 Å². The van der Waals surface area contributed by atoms with Crippen molar-refractivity contribution < 1.29 is 9.53 Å². The maximum absolute atomic E-state index is 15.1. The SMILES string of the molecule is COc1ccccc1-n1c(S[C@H](C)C(=O)N(c2ccccc2)c2ccccc2)nc2c(c1=O)C1(CCCCC1)Cc1ccccc1-2. The van der Waals surface area contributed by atoms with Crippen molar-refractivity contribution in [3.8, 4) is 22.7 Å². The van der Waals surface area contributed by atoms with Gasteiger partial charge in [0.25, 0.3) is 5.56 Å². The van der Waals surface area contributed by atoms with E-state index in [1.54, 1.807) is 16.6 Å². The lowest BCUT2D eigenvalue weighted by Crippen LogP contribution is -2.43. The zero-order chi connectivity index (χ0) is 31.7. The Kier molecular flexibility index (Phi) is 8.26. The van der Waals surface area contributed by atoms with Gasteiger partial charge in [-0.1, -0.05) is 104 Å². The number of fused-ring (bicyclic) bond motifs is 4. The molecule has 1 spiro atoms. The zero-order valence-corrected chi connectivity index (χ0v) is 27.0. The highest BCUT2D eigenvalue weighted by molar-refractivity contribution is 8.00. The highest BCUT2D eigenvalue weighted by atomic mass is 32.2. The van der Waals surface area contributed by atoms with E-state index in [4.69, 9.17) is 9.72 Å². The topological polar surface area (TPSA) is 64.4 Å². The molecular weight excluding hydrogens is 591 g/mol. The van der Waals surface area contributed by atoms with Gasteiger partial charge in [0.15, 0.2) is 5.16 Å². The molecule has 1 aromatic heterocycles. The molecule has 1 saturated carbocycles. The minimum absolute atomic E-state index is 0.0731. The summed E-state index contributed by atoms with van der Waals surface area (Å²) >= 11 is 1.31. The molecule has 4 aromatic carbocycles. The number of amides is 1. The molecule has 7 heteroatoms. The number of hydrogen-bond acceptors (Lipinski definition) is 5. The first-order valence-electron chi connectivity index (χ1n) is 16.0. The van der Waals surface area contributed by atoms with Gasteiger partial charge in [0, 0.05) is 22.4 Å². The van der Waals surface area contributed by atoms with Crippen LogP contribution in [0.3, 0.4) is 0 Å². The van der Waals surface area contributed by atoms with Crippen LogP contribution in [0.15, 0.2) is 119 Å². The average Bonchev–Trinajstić information content (AvgIpc) is 3.09. The molecule has 0 radical (unpaired) electrons. The van der Waals surface area contributed by atoms with Crippen LogP contribution >= 0.6 is 11.8 Å². The van der Waals surface area contributed by atoms with Crippen molar-refractivity contribution in [2.45, 2.75) is 61.3 Å². The van der Waals surface area contributed by atoms with Gasteiger partial charge in [-0.15, -0.1) is 0 Å². The number of carbonyl (C=O) groups is 1. The summed E-state index contributed by atoms with van der Waals surface area (Å²) in [6, 6.07) is 35.3. The third kappa shape index (κ3) is 5.32. The Morgan fingerprint density at radius 2 is 1.46 bits per heavy atom. The van der Waals surface area contributed by atoms with Gasteiger partial charge in [0.1, 0.15) is 5.75 Å². The summed E-state index contributed by atoms with van der Waals surface area (Å²) < 4.78 is 7.48. The summed E-state index contributed by atoms with van der Waals surface area (Å²) in [6.45, 7) is 1.89. The van der Waals surface area contributed by atoms with Gasteiger partial charge in [0.05, 0.1) is 29.3 Å². The maximum Gasteiger partial charge on any atom is 0.263 e. The predicted molar refractivity (Wildman–Crippen MR) is 186 cm³/mol. The molecule has 2 aliphatic rings. The van der Waals surface area contributed by atoms with Crippen molar-refractivity contribution >= 4 is 29.0 Å². The Labute approximate surface area is 274 Å². The van der Waals surface area contributed by atoms with E-state index in [0.717, 1.165) is 60.3 Å². The van der Waals surface area contributed by atoms with Crippen LogP contribution in [0.25, 0.3) is 16.9 Å². The first kappa shape index (κ1) is 30.1. The number of para-hydroxylation sites is 4. The van der Waals surface area contributed by atoms with Crippen LogP contribution in [0.1, 0.15) is 50.2 Å². The summed E-state index contributed by atoms with van der Waals surface area (Å²) in [5.74, 6) is 0.473. The lowest BCUT2D eigenvalue weighted by atomic mass is 9.62. The van der Waals surface area contributed by atoms with Crippen LogP contribution in [0.5, 0.6) is 5.75 Å². The fourth-order valence-corrected chi connectivity index (χ4v) is 8.20. The molecule has 0 N–H and O–H groups in total. The normalized spacial score (nSPS) is 15.4. The summed E-state index contributed by atoms with van der Waals surface area (Å²) in [7, 11) is 1.62. The van der Waals surface area contributed by atoms with Crippen molar-refractivity contribution in [3.05, 3.63) is 131 Å². The number of methoxy groups -OCH3 is 1. The molecule has 1 amide bonds. The van der Waals surface area contributed by atoms with E-state index >= 15 is 4.79 Å². The minimum Gasteiger partial charge on any atom is -0.495 e. The second kappa shape index (κ2) is 12.6. The minimum atomic E-state index is -0.575. The fraction of sp³-hybridized carbons (Fsp3) is 0.256. The Bertz CT molecular complexity index is 1890. The monoisotopic (exact) mass is 627 g/mol. The van der Waals surface area contributed by atoms with Gasteiger partial charge >= 0.3 is 0 Å². The molecule has 0 saturated heterocycles. The third-order valence-electron chi connectivity index (χ3n) is 9.40. The van der Waals surface area contributed by atoms with E-state index in [-0.39, 0.29) is 16.9 Å². The highest BCUT2D eigenvalue weighted by Crippen LogP contribution is 2.49. The molecule has 1 atom stereocenters. The Balaban J connectivity index is 1.41. The number of ether oxygens (including phenoxy) is 1. The van der Waals surface area contributed by atoms with Crippen LogP contribution in [0.2, 0.25) is 0 Å². The first-order chi connectivity index (χ1) is 22.5. The molecule has 46 heavy (non-hydrogen) atoms. The van der Waals surface area contributed by atoms with E-state index in [2.05, 4.69) is 18.2 Å². The lowest BCUT2D eigenvalue weighted by molar-refractivity contribution is -0.117. The molecule has 232 valence electrons. The number of aromatic nitrogens is 2. The van der Waals surface area contributed by atoms with Crippen molar-refractivity contribution in [2.24, 2.45) is 0 Å². The lowest BCUT2D eigenvalue weighted by Gasteiger charge is -2.42. The molecule has 7 rings (SSSR count). The number of carbonyl (C=O) groups excluding carboxylic acids is 1. The summed E-state index contributed by atoms with van der Waals surface area (Å²) in [5.41, 5.74) is 5.64. The van der Waals surface area contributed by atoms with Crippen LogP contribution in [-0.2, 0) is 16.6 Å². The molecule has 6 nitrogen and oxygen atoms in total. The summed E-state index contributed by atoms with van der Waals surface area (Å²) in [6.07, 6.45) is 6.12. The largest absolute Gasteiger partial charge is 0.495 e. The molecule has 1 fully saturated rings. The van der Waals surface area contributed by atoms with Crippen LogP contribution < -0.4 is 15.2 Å². The summed E-state index contributed by atoms with van der Waals surface area (Å²) in [5, 5.41) is -0.105. The molecular formula is C39H37N3O3S. The fourth-order valence-electron chi connectivity index (χ4n) is 7.24. The van der Waals surface area contributed by atoms with Crippen molar-refractivity contribution in [1.29, 1.82) is 0 Å². The molecule has 5 aromatic rings. The van der Waals surface area contributed by atoms with E-state index in [1.165, 1.54) is 23.7 Å². The smallest absolute Gasteiger partial charge is 0.263 e. The quantitative estimate of drug-likeness (QED) is 0.134. The van der Waals surface area contributed by atoms with E-state index < -0.39 is 5.25 Å². The standard InChI is InChI=1S/C39H37N3O3S/c1-27(36(43)41(29-17-6-3-7-18-29)30-19-8-4-9-20-30)46-38-40-35-31-21-11-10-16-28(31)26-39(24-14-5-15-25-39)34(35)37(44)42(38)32-22-12-13-23-33(32)45-2/h3-4,6-13,16-23,27H,5,14-15,24-26H2,1-2H3/t27-/m1/s1. The van der Waals surface area contributed by atoms with Gasteiger partial charge in [-0.25, -0.2) is 4.98 Å². The third-order valence-corrected chi connectivity index (χ3v) is 10.4. The highest BCUT2D eigenvalue weighted by Gasteiger charge is 2.44. The van der Waals surface area contributed by atoms with Gasteiger partial charge in [-0.2, -0.15) is 0 Å². The van der Waals surface area contributed by atoms with Gasteiger partial charge in [0.2, 0.25) is 5.91 Å². The predicted octanol–water partition coefficient (Wildman–Crippen LogP) is 8.51. The second-order valence-corrected chi connectivity index (χ2v) is 13.5. The van der Waals surface area contributed by atoms with Crippen molar-refractivity contribution in [2.75, 3.05) is 12.0 Å². The van der Waals surface area contributed by atoms with E-state index in [9.17, 15) is 4.79 Å². The van der Waals surface area contributed by atoms with Crippen LogP contribution in [0, 0.1) is 0 Å². The molecule has 0 aliphatic heterocycles. The number of rotatable bonds is 7. The average molecular weight is 628 g/mol. The number of anilines is 2. The maximum atomic E-state index is 15.1. The van der Waals surface area contributed by atoms with E-state index in [0.29, 0.717) is 16.6 Å². The Morgan fingerprint density at radius 1 is 0.848 bits per heavy atom. The number of benzene rings is 4. The van der Waals surface area contributed by atoms with Crippen LogP contribution in [0.4, 0.5) is 11.4 Å². The first-order valence-corrected chi connectivity index (χ1v) is 16.9. The van der Waals surface area contributed by atoms with Gasteiger partial charge in [-0.3, -0.25) is 19.1 Å². The van der Waals surface area contributed by atoms with Crippen molar-refractivity contribution in [1.82, 2.24) is 9.55 Å². The number of nitrogens with zero attached hydrogens (tertiary/aromatic N) is 3. The zero-order valence-electron chi connectivity index (χ0n) is 26.2. The number of hydrogen-bond donors (Lipinski definition) is 0. The number of thioether (sulfide) groups is 1. The molecule has 2 aliphatic carbocycles. The molecule has 0 bridgehead atoms. The second-order valence-electron chi connectivity index (χ2n) is 12.2. The molecule has 1 heterocycles. The van der Waals surface area contributed by atoms with Gasteiger partial charge in [-0.05, 0) is 68.1 Å².